The number of alkyl halides is 1. The number of hydrogen-bond donors (Lipinski definition) is 1. The molecule has 14 heteroatoms. The van der Waals surface area contributed by atoms with Gasteiger partial charge in [0.25, 0.3) is 0 Å². The number of nitrogens with one attached hydrogen (secondary N) is 1. The van der Waals surface area contributed by atoms with E-state index in [2.05, 4.69) is 5.32 Å². The van der Waals surface area contributed by atoms with Crippen LogP contribution in [-0.4, -0.2) is 177 Å². The van der Waals surface area contributed by atoms with Crippen LogP contribution >= 0.6 is 11.6 Å². The Morgan fingerprint density at radius 2 is 0.581 bits per heavy atom. The van der Waals surface area contributed by atoms with Crippen LogP contribution in [0.5, 0.6) is 0 Å². The molecule has 0 unspecified atom stereocenters. The highest BCUT2D eigenvalue weighted by Gasteiger charge is 2.12. The lowest BCUT2D eigenvalue weighted by Crippen LogP contribution is -2.33. The lowest BCUT2D eigenvalue weighted by Gasteiger charge is -2.22. The van der Waals surface area contributed by atoms with Crippen molar-refractivity contribution in [1.82, 2.24) is 5.32 Å². The highest BCUT2D eigenvalue weighted by atomic mass is 35.5. The van der Waals surface area contributed by atoms with Crippen molar-refractivity contribution in [3.05, 3.63) is 0 Å². The Kier molecular flexibility index (Phi) is 34.4. The Balaban J connectivity index is 1.60. The van der Waals surface area contributed by atoms with Gasteiger partial charge in [-0.15, -0.1) is 11.6 Å². The largest absolute Gasteiger partial charge is 0.378 e. The molecule has 0 aromatic heterocycles. The molecule has 258 valence electrons. The molecule has 0 radical (unpaired) electrons. The summed E-state index contributed by atoms with van der Waals surface area (Å²) in [7, 11) is 0. The molecule has 1 aliphatic heterocycles. The third-order valence-corrected chi connectivity index (χ3v) is 5.96. The maximum atomic E-state index is 5.79. The van der Waals surface area contributed by atoms with E-state index in [0.717, 1.165) is 25.9 Å². The quantitative estimate of drug-likeness (QED) is 0.0774. The van der Waals surface area contributed by atoms with E-state index in [9.17, 15) is 0 Å². The number of piperidine rings is 1. The van der Waals surface area contributed by atoms with Gasteiger partial charge in [0.1, 0.15) is 0 Å². The third-order valence-electron chi connectivity index (χ3n) is 5.81. The van der Waals surface area contributed by atoms with E-state index in [4.69, 9.17) is 68.4 Å². The molecule has 1 fully saturated rings. The van der Waals surface area contributed by atoms with Crippen molar-refractivity contribution in [3.8, 4) is 0 Å². The van der Waals surface area contributed by atoms with Crippen LogP contribution in [0, 0.1) is 0 Å². The molecule has 13 nitrogen and oxygen atoms in total. The highest BCUT2D eigenvalue weighted by molar-refractivity contribution is 6.17. The zero-order valence-electron chi connectivity index (χ0n) is 26.2. The Bertz CT molecular complexity index is 524. The molecule has 0 atom stereocenters. The maximum absolute atomic E-state index is 5.79. The lowest BCUT2D eigenvalue weighted by atomic mass is 10.1. The fourth-order valence-corrected chi connectivity index (χ4v) is 3.70. The molecule has 43 heavy (non-hydrogen) atoms. The summed E-state index contributed by atoms with van der Waals surface area (Å²) in [4.78, 5) is 0. The summed E-state index contributed by atoms with van der Waals surface area (Å²) in [5.74, 6) is 0.499. The van der Waals surface area contributed by atoms with Gasteiger partial charge < -0.3 is 62.2 Å². The summed E-state index contributed by atoms with van der Waals surface area (Å²) in [5, 5.41) is 3.33. The number of ether oxygens (including phenoxy) is 12. The van der Waals surface area contributed by atoms with Crippen LogP contribution in [0.15, 0.2) is 0 Å². The average molecular weight is 648 g/mol. The first kappa shape index (κ1) is 40.8. The van der Waals surface area contributed by atoms with Crippen molar-refractivity contribution in [3.63, 3.8) is 0 Å². The van der Waals surface area contributed by atoms with Crippen molar-refractivity contribution in [2.24, 2.45) is 0 Å². The van der Waals surface area contributed by atoms with Crippen molar-refractivity contribution in [1.29, 1.82) is 0 Å². The van der Waals surface area contributed by atoms with Crippen molar-refractivity contribution in [2.45, 2.75) is 18.9 Å². The van der Waals surface area contributed by atoms with Gasteiger partial charge in [-0.3, -0.25) is 0 Å². The molecular formula is C29H58ClNO12. The number of rotatable bonds is 36. The third kappa shape index (κ3) is 33.0. The number of hydrogen-bond acceptors (Lipinski definition) is 13. The van der Waals surface area contributed by atoms with Gasteiger partial charge >= 0.3 is 0 Å². The van der Waals surface area contributed by atoms with Gasteiger partial charge in [0.2, 0.25) is 0 Å². The van der Waals surface area contributed by atoms with E-state index in [1.807, 2.05) is 0 Å². The van der Waals surface area contributed by atoms with Crippen LogP contribution in [0.1, 0.15) is 12.8 Å². The molecule has 0 spiro atoms. The van der Waals surface area contributed by atoms with Gasteiger partial charge in [0, 0.05) is 5.88 Å². The van der Waals surface area contributed by atoms with E-state index < -0.39 is 0 Å². The van der Waals surface area contributed by atoms with Crippen LogP contribution in [0.2, 0.25) is 0 Å². The normalized spacial score (nSPS) is 14.2. The first-order chi connectivity index (χ1) is 21.4. The fourth-order valence-electron chi connectivity index (χ4n) is 3.59. The molecule has 0 aliphatic carbocycles. The van der Waals surface area contributed by atoms with Gasteiger partial charge in [-0.25, -0.2) is 0 Å². The maximum Gasteiger partial charge on any atom is 0.0704 e. The smallest absolute Gasteiger partial charge is 0.0704 e. The first-order valence-electron chi connectivity index (χ1n) is 15.7. The zero-order valence-corrected chi connectivity index (χ0v) is 26.9. The molecule has 0 amide bonds. The number of halogens is 1. The molecule has 1 saturated heterocycles. The van der Waals surface area contributed by atoms with E-state index in [1.54, 1.807) is 0 Å². The SMILES string of the molecule is ClCCOCCOCCOCCOCCOCCOCCOCCOCCOCCOCCOCCOC1CCNCC1. The van der Waals surface area contributed by atoms with Gasteiger partial charge in [0.05, 0.1) is 158 Å². The van der Waals surface area contributed by atoms with Crippen LogP contribution in [0.3, 0.4) is 0 Å². The lowest BCUT2D eigenvalue weighted by molar-refractivity contribution is -0.0326. The Morgan fingerprint density at radius 1 is 0.349 bits per heavy atom. The predicted molar refractivity (Wildman–Crippen MR) is 162 cm³/mol. The average Bonchev–Trinajstić information content (AvgIpc) is 3.03. The zero-order chi connectivity index (χ0) is 30.6. The molecule has 0 aromatic carbocycles. The standard InChI is InChI=1S/C29H58ClNO12/c30-3-6-32-7-8-33-9-10-34-11-12-35-13-14-36-15-16-37-17-18-38-19-20-39-21-22-40-23-24-41-25-26-42-27-28-43-29-1-4-31-5-2-29/h29,31H,1-28H2. The van der Waals surface area contributed by atoms with Gasteiger partial charge in [0.15, 0.2) is 0 Å². The molecule has 1 N–H and O–H groups in total. The summed E-state index contributed by atoms with van der Waals surface area (Å²) >= 11 is 5.51. The van der Waals surface area contributed by atoms with Gasteiger partial charge in [-0.2, -0.15) is 0 Å². The fraction of sp³-hybridized carbons (Fsp3) is 1.00. The minimum absolute atomic E-state index is 0.372. The molecule has 1 aliphatic rings. The minimum Gasteiger partial charge on any atom is -0.378 e. The Morgan fingerprint density at radius 3 is 0.837 bits per heavy atom. The Labute approximate surface area is 263 Å². The predicted octanol–water partition coefficient (Wildman–Crippen LogP) is 1.18. The van der Waals surface area contributed by atoms with Crippen molar-refractivity contribution < 1.29 is 56.8 Å². The highest BCUT2D eigenvalue weighted by Crippen LogP contribution is 2.06. The Hall–Kier alpha value is -0.230. The molecular weight excluding hydrogens is 590 g/mol. The van der Waals surface area contributed by atoms with E-state index in [1.165, 1.54) is 0 Å². The summed E-state index contributed by atoms with van der Waals surface area (Å²) in [6, 6.07) is 0. The van der Waals surface area contributed by atoms with Crippen LogP contribution in [0.4, 0.5) is 0 Å². The molecule has 1 rings (SSSR count). The summed E-state index contributed by atoms with van der Waals surface area (Å²) < 4.78 is 65.6. The second-order valence-electron chi connectivity index (χ2n) is 9.25. The van der Waals surface area contributed by atoms with Crippen LogP contribution in [-0.2, 0) is 56.8 Å². The van der Waals surface area contributed by atoms with E-state index in [-0.39, 0.29) is 0 Å². The van der Waals surface area contributed by atoms with E-state index >= 15 is 0 Å². The molecule has 1 heterocycles. The summed E-state index contributed by atoms with van der Waals surface area (Å²) in [6.45, 7) is 14.5. The first-order valence-corrected chi connectivity index (χ1v) is 16.2. The minimum atomic E-state index is 0.372. The summed E-state index contributed by atoms with van der Waals surface area (Å²) in [5.41, 5.74) is 0. The van der Waals surface area contributed by atoms with E-state index in [0.29, 0.717) is 164 Å². The molecule has 0 saturated carbocycles. The molecule has 0 bridgehead atoms. The second-order valence-corrected chi connectivity index (χ2v) is 9.62. The van der Waals surface area contributed by atoms with Crippen molar-refractivity contribution >= 4 is 11.6 Å². The topological polar surface area (TPSA) is 123 Å². The second kappa shape index (κ2) is 36.2. The summed E-state index contributed by atoms with van der Waals surface area (Å²) in [6.07, 6.45) is 2.53. The van der Waals surface area contributed by atoms with Crippen molar-refractivity contribution in [2.75, 3.05) is 171 Å². The van der Waals surface area contributed by atoms with Crippen LogP contribution < -0.4 is 5.32 Å². The monoisotopic (exact) mass is 647 g/mol. The van der Waals surface area contributed by atoms with Crippen LogP contribution in [0.25, 0.3) is 0 Å². The van der Waals surface area contributed by atoms with Gasteiger partial charge in [-0.1, -0.05) is 0 Å². The van der Waals surface area contributed by atoms with Gasteiger partial charge in [-0.05, 0) is 25.9 Å². The molecule has 0 aromatic rings.